The van der Waals surface area contributed by atoms with Gasteiger partial charge in [-0.2, -0.15) is 0 Å². The lowest BCUT2D eigenvalue weighted by molar-refractivity contribution is -0.141. The molecule has 2 amide bonds. The van der Waals surface area contributed by atoms with Gasteiger partial charge in [0.2, 0.25) is 5.91 Å². The fourth-order valence-corrected chi connectivity index (χ4v) is 4.36. The summed E-state index contributed by atoms with van der Waals surface area (Å²) in [6, 6.07) is -0.213. The van der Waals surface area contributed by atoms with Gasteiger partial charge in [0.15, 0.2) is 0 Å². The van der Waals surface area contributed by atoms with Crippen molar-refractivity contribution in [1.82, 2.24) is 20.4 Å². The van der Waals surface area contributed by atoms with Gasteiger partial charge in [0.25, 0.3) is 0 Å². The average Bonchev–Trinajstić information content (AvgIpc) is 3.44. The van der Waals surface area contributed by atoms with Gasteiger partial charge >= 0.3 is 6.09 Å². The SMILES string of the molecule is C=C(Br)/C=C\C(=C)c1cnc(C2C3C=CC(C3)C2C(=O)N(NC(=O)OC)C(C)C)[nH]1. The van der Waals surface area contributed by atoms with E-state index in [1.54, 1.807) is 6.20 Å². The summed E-state index contributed by atoms with van der Waals surface area (Å²) in [6.45, 7) is 11.5. The Morgan fingerprint density at radius 3 is 2.67 bits per heavy atom. The summed E-state index contributed by atoms with van der Waals surface area (Å²) in [5.74, 6) is 0.552. The van der Waals surface area contributed by atoms with Crippen molar-refractivity contribution < 1.29 is 14.3 Å². The van der Waals surface area contributed by atoms with Crippen molar-refractivity contribution in [2.75, 3.05) is 7.11 Å². The van der Waals surface area contributed by atoms with E-state index < -0.39 is 6.09 Å². The van der Waals surface area contributed by atoms with Crippen molar-refractivity contribution in [3.05, 3.63) is 59.7 Å². The van der Waals surface area contributed by atoms with Gasteiger partial charge in [0.05, 0.1) is 24.9 Å². The Balaban J connectivity index is 1.86. The monoisotopic (exact) mass is 474 g/mol. The van der Waals surface area contributed by atoms with Crippen molar-refractivity contribution in [3.8, 4) is 0 Å². The molecule has 1 aromatic rings. The molecule has 4 unspecified atom stereocenters. The molecule has 1 heterocycles. The van der Waals surface area contributed by atoms with Gasteiger partial charge in [0.1, 0.15) is 5.82 Å². The van der Waals surface area contributed by atoms with Gasteiger partial charge in [-0.1, -0.05) is 47.3 Å². The van der Waals surface area contributed by atoms with Crippen molar-refractivity contribution >= 4 is 33.5 Å². The number of methoxy groups -OCH3 is 1. The number of fused-ring (bicyclic) bond motifs is 2. The molecule has 160 valence electrons. The minimum absolute atomic E-state index is 0.0927. The highest BCUT2D eigenvalue weighted by atomic mass is 79.9. The number of hydrogen-bond donors (Lipinski definition) is 2. The van der Waals surface area contributed by atoms with Crippen molar-refractivity contribution in [1.29, 1.82) is 0 Å². The fourth-order valence-electron chi connectivity index (χ4n) is 4.22. The molecule has 8 heteroatoms. The molecule has 7 nitrogen and oxygen atoms in total. The number of imidazole rings is 1. The molecular formula is C22H27BrN4O3. The minimum Gasteiger partial charge on any atom is -0.452 e. The predicted octanol–water partition coefficient (Wildman–Crippen LogP) is 4.30. The second-order valence-electron chi connectivity index (χ2n) is 7.89. The number of halogens is 1. The summed E-state index contributed by atoms with van der Waals surface area (Å²) >= 11 is 3.29. The molecule has 1 fully saturated rings. The highest BCUT2D eigenvalue weighted by Gasteiger charge is 2.51. The zero-order valence-electron chi connectivity index (χ0n) is 17.4. The molecular weight excluding hydrogens is 448 g/mol. The van der Waals surface area contributed by atoms with Crippen LogP contribution in [0.5, 0.6) is 0 Å². The number of ether oxygens (including phenoxy) is 1. The van der Waals surface area contributed by atoms with Crippen LogP contribution in [0.1, 0.15) is 37.7 Å². The number of nitrogens with one attached hydrogen (secondary N) is 2. The number of rotatable bonds is 6. The van der Waals surface area contributed by atoms with E-state index in [4.69, 9.17) is 0 Å². The predicted molar refractivity (Wildman–Crippen MR) is 119 cm³/mol. The topological polar surface area (TPSA) is 87.3 Å². The standard InChI is InChI=1S/C22H27BrN4O3/c1-12(2)27(26-22(29)30-5)21(28)19-16-9-8-15(10-16)18(19)20-24-11-17(25-20)13(3)6-7-14(4)23/h6-9,11-12,15-16,18-19H,3-4,10H2,1-2,5H3,(H,24,25)(H,26,29)/b7-6-. The number of nitrogens with zero attached hydrogens (tertiary/aromatic N) is 2. The normalized spacial score (nSPS) is 24.4. The van der Waals surface area contributed by atoms with Gasteiger partial charge in [0, 0.05) is 16.4 Å². The van der Waals surface area contributed by atoms with Crippen LogP contribution in [0.2, 0.25) is 0 Å². The first-order valence-corrected chi connectivity index (χ1v) is 10.6. The molecule has 0 spiro atoms. The first kappa shape index (κ1) is 22.1. The average molecular weight is 475 g/mol. The van der Waals surface area contributed by atoms with E-state index in [9.17, 15) is 9.59 Å². The van der Waals surface area contributed by atoms with Crippen molar-refractivity contribution in [3.63, 3.8) is 0 Å². The maximum absolute atomic E-state index is 13.5. The van der Waals surface area contributed by atoms with E-state index in [0.717, 1.165) is 28.0 Å². The molecule has 2 aliphatic rings. The number of hydrazine groups is 1. The van der Waals surface area contributed by atoms with Gasteiger partial charge in [-0.05, 0) is 43.8 Å². The maximum atomic E-state index is 13.5. The molecule has 1 saturated carbocycles. The Hall–Kier alpha value is -2.61. The second kappa shape index (κ2) is 9.04. The van der Waals surface area contributed by atoms with E-state index in [0.29, 0.717) is 0 Å². The number of aromatic amines is 1. The Bertz CT molecular complexity index is 917. The number of H-pyrrole nitrogens is 1. The zero-order valence-corrected chi connectivity index (χ0v) is 19.0. The van der Waals surface area contributed by atoms with Crippen LogP contribution in [0, 0.1) is 17.8 Å². The molecule has 2 bridgehead atoms. The second-order valence-corrected chi connectivity index (χ2v) is 8.91. The third kappa shape index (κ3) is 4.43. The molecule has 4 atom stereocenters. The Kier molecular flexibility index (Phi) is 6.65. The van der Waals surface area contributed by atoms with Crippen molar-refractivity contribution in [2.45, 2.75) is 32.2 Å². The third-order valence-corrected chi connectivity index (χ3v) is 5.88. The first-order valence-electron chi connectivity index (χ1n) is 9.85. The molecule has 30 heavy (non-hydrogen) atoms. The number of carbonyl (C=O) groups is 2. The van der Waals surface area contributed by atoms with Crippen LogP contribution in [0.25, 0.3) is 5.57 Å². The van der Waals surface area contributed by atoms with Crippen LogP contribution in [-0.4, -0.2) is 40.1 Å². The lowest BCUT2D eigenvalue weighted by atomic mass is 9.81. The third-order valence-electron chi connectivity index (χ3n) is 5.62. The lowest BCUT2D eigenvalue weighted by Crippen LogP contribution is -2.53. The van der Waals surface area contributed by atoms with Gasteiger partial charge in [-0.3, -0.25) is 4.79 Å². The summed E-state index contributed by atoms with van der Waals surface area (Å²) in [6.07, 6.45) is 9.90. The number of carbonyl (C=O) groups excluding carboxylic acids is 2. The van der Waals surface area contributed by atoms with Crippen LogP contribution < -0.4 is 5.43 Å². The van der Waals surface area contributed by atoms with E-state index in [1.807, 2.05) is 26.0 Å². The molecule has 2 N–H and O–H groups in total. The highest BCUT2D eigenvalue weighted by Crippen LogP contribution is 2.53. The van der Waals surface area contributed by atoms with Crippen LogP contribution in [-0.2, 0) is 9.53 Å². The summed E-state index contributed by atoms with van der Waals surface area (Å²) in [5.41, 5.74) is 4.12. The van der Waals surface area contributed by atoms with Crippen LogP contribution in [0.3, 0.4) is 0 Å². The summed E-state index contributed by atoms with van der Waals surface area (Å²) in [7, 11) is 1.28. The van der Waals surface area contributed by atoms with Crippen LogP contribution in [0.4, 0.5) is 4.79 Å². The number of amides is 2. The molecule has 0 aliphatic heterocycles. The minimum atomic E-state index is -0.663. The number of allylic oxidation sites excluding steroid dienone is 6. The van der Waals surface area contributed by atoms with E-state index in [2.05, 4.69) is 61.4 Å². The number of aromatic nitrogens is 2. The first-order chi connectivity index (χ1) is 14.2. The van der Waals surface area contributed by atoms with Crippen LogP contribution >= 0.6 is 15.9 Å². The van der Waals surface area contributed by atoms with Gasteiger partial charge in [-0.25, -0.2) is 20.2 Å². The van der Waals surface area contributed by atoms with Crippen LogP contribution in [0.15, 0.2) is 48.1 Å². The molecule has 1 aromatic heterocycles. The van der Waals surface area contributed by atoms with E-state index in [-0.39, 0.29) is 35.6 Å². The molecule has 3 rings (SSSR count). The smallest absolute Gasteiger partial charge is 0.425 e. The Labute approximate surface area is 185 Å². The summed E-state index contributed by atoms with van der Waals surface area (Å²) in [5, 5.41) is 1.37. The Morgan fingerprint density at radius 1 is 1.33 bits per heavy atom. The molecule has 0 saturated heterocycles. The number of hydrogen-bond acceptors (Lipinski definition) is 4. The van der Waals surface area contributed by atoms with E-state index >= 15 is 0 Å². The summed E-state index contributed by atoms with van der Waals surface area (Å²) in [4.78, 5) is 33.1. The molecule has 0 radical (unpaired) electrons. The highest BCUT2D eigenvalue weighted by molar-refractivity contribution is 9.11. The fraction of sp³-hybridized carbons (Fsp3) is 0.409. The Morgan fingerprint density at radius 2 is 2.03 bits per heavy atom. The van der Waals surface area contributed by atoms with E-state index in [1.165, 1.54) is 12.1 Å². The van der Waals surface area contributed by atoms with Gasteiger partial charge in [-0.15, -0.1) is 0 Å². The molecule has 0 aromatic carbocycles. The molecule has 2 aliphatic carbocycles. The lowest BCUT2D eigenvalue weighted by Gasteiger charge is -2.33. The summed E-state index contributed by atoms with van der Waals surface area (Å²) < 4.78 is 5.43. The largest absolute Gasteiger partial charge is 0.452 e. The quantitative estimate of drug-likeness (QED) is 0.365. The van der Waals surface area contributed by atoms with Crippen molar-refractivity contribution in [2.24, 2.45) is 17.8 Å². The van der Waals surface area contributed by atoms with Gasteiger partial charge < -0.3 is 9.72 Å². The zero-order chi connectivity index (χ0) is 22.0. The maximum Gasteiger partial charge on any atom is 0.425 e.